The Balaban J connectivity index is 1.42. The minimum atomic E-state index is -0.656. The van der Waals surface area contributed by atoms with Crippen molar-refractivity contribution in [3.63, 3.8) is 0 Å². The number of hydrogen-bond acceptors (Lipinski definition) is 6. The fourth-order valence-electron chi connectivity index (χ4n) is 5.21. The Hall–Kier alpha value is -3.36. The topological polar surface area (TPSA) is 63.2 Å². The third kappa shape index (κ3) is 9.57. The van der Waals surface area contributed by atoms with Gasteiger partial charge in [0.2, 0.25) is 5.24 Å². The first-order valence-corrected chi connectivity index (χ1v) is 15.0. The van der Waals surface area contributed by atoms with Crippen molar-refractivity contribution < 1.29 is 28.5 Å². The molecule has 1 aliphatic heterocycles. The van der Waals surface area contributed by atoms with Gasteiger partial charge >= 0.3 is 0 Å². The van der Waals surface area contributed by atoms with Crippen LogP contribution in [0.5, 0.6) is 0 Å². The van der Waals surface area contributed by atoms with Gasteiger partial charge in [-0.15, -0.1) is 0 Å². The van der Waals surface area contributed by atoms with Crippen LogP contribution in [0.15, 0.2) is 121 Å². The van der Waals surface area contributed by atoms with E-state index in [0.29, 0.717) is 26.4 Å². The first-order chi connectivity index (χ1) is 21.2. The van der Waals surface area contributed by atoms with Gasteiger partial charge in [0, 0.05) is 0 Å². The molecule has 5 atom stereocenters. The van der Waals surface area contributed by atoms with Crippen molar-refractivity contribution >= 4 is 16.8 Å². The van der Waals surface area contributed by atoms with E-state index in [0.717, 1.165) is 22.3 Å². The molecule has 0 aliphatic carbocycles. The van der Waals surface area contributed by atoms with Crippen LogP contribution < -0.4 is 0 Å². The first kappa shape index (κ1) is 31.1. The minimum absolute atomic E-state index is 0.0349. The smallest absolute Gasteiger partial charge is 0.224 e. The predicted molar refractivity (Wildman–Crippen MR) is 165 cm³/mol. The second-order valence-corrected chi connectivity index (χ2v) is 11.0. The van der Waals surface area contributed by atoms with E-state index in [1.165, 1.54) is 0 Å². The Labute approximate surface area is 258 Å². The molecule has 0 radical (unpaired) electrons. The van der Waals surface area contributed by atoms with Gasteiger partial charge in [0.25, 0.3) is 0 Å². The van der Waals surface area contributed by atoms with E-state index in [9.17, 15) is 4.79 Å². The Morgan fingerprint density at radius 2 is 0.907 bits per heavy atom. The molecule has 224 valence electrons. The van der Waals surface area contributed by atoms with Gasteiger partial charge < -0.3 is 23.7 Å². The normalized spacial score (nSPS) is 21.8. The Morgan fingerprint density at radius 3 is 1.33 bits per heavy atom. The SMILES string of the molecule is O=C(Cl)CC1OC(COCc2ccccc2)C(OCc2ccccc2)C(OCc2ccccc2)C1OCc1ccccc1. The average Bonchev–Trinajstić information content (AvgIpc) is 3.04. The maximum absolute atomic E-state index is 12.2. The van der Waals surface area contributed by atoms with Crippen LogP contribution in [0.1, 0.15) is 28.7 Å². The Morgan fingerprint density at radius 1 is 0.535 bits per heavy atom. The van der Waals surface area contributed by atoms with Gasteiger partial charge in [-0.2, -0.15) is 0 Å². The molecule has 1 fully saturated rings. The number of halogens is 1. The Kier molecular flexibility index (Phi) is 11.9. The second kappa shape index (κ2) is 16.5. The molecule has 4 aromatic rings. The van der Waals surface area contributed by atoms with Gasteiger partial charge in [-0.25, -0.2) is 0 Å². The molecule has 0 saturated carbocycles. The van der Waals surface area contributed by atoms with E-state index in [1.807, 2.05) is 121 Å². The van der Waals surface area contributed by atoms with Gasteiger partial charge in [-0.1, -0.05) is 121 Å². The predicted octanol–water partition coefficient (Wildman–Crippen LogP) is 6.88. The summed E-state index contributed by atoms with van der Waals surface area (Å²) in [5.74, 6) is 0. The van der Waals surface area contributed by atoms with Crippen molar-refractivity contribution in [3.8, 4) is 0 Å². The van der Waals surface area contributed by atoms with Crippen molar-refractivity contribution in [1.29, 1.82) is 0 Å². The van der Waals surface area contributed by atoms with Crippen LogP contribution in [-0.4, -0.2) is 42.4 Å². The fourth-order valence-corrected chi connectivity index (χ4v) is 5.36. The van der Waals surface area contributed by atoms with Gasteiger partial charge in [-0.05, 0) is 33.9 Å². The highest BCUT2D eigenvalue weighted by Gasteiger charge is 2.48. The highest BCUT2D eigenvalue weighted by atomic mass is 35.5. The number of ether oxygens (including phenoxy) is 5. The minimum Gasteiger partial charge on any atom is -0.374 e. The number of benzene rings is 4. The number of carbonyl (C=O) groups is 1. The molecule has 0 amide bonds. The van der Waals surface area contributed by atoms with Crippen molar-refractivity contribution in [1.82, 2.24) is 0 Å². The molecule has 1 aliphatic rings. The summed E-state index contributed by atoms with van der Waals surface area (Å²) in [5, 5.41) is -0.507. The summed E-state index contributed by atoms with van der Waals surface area (Å²) < 4.78 is 32.4. The van der Waals surface area contributed by atoms with Gasteiger partial charge in [0.05, 0.1) is 45.6 Å². The summed E-state index contributed by atoms with van der Waals surface area (Å²) in [7, 11) is 0. The maximum atomic E-state index is 12.2. The third-order valence-corrected chi connectivity index (χ3v) is 7.50. The molecule has 5 unspecified atom stereocenters. The fraction of sp³-hybridized carbons (Fsp3) is 0.306. The van der Waals surface area contributed by atoms with Crippen molar-refractivity contribution in [2.24, 2.45) is 0 Å². The monoisotopic (exact) mass is 600 g/mol. The van der Waals surface area contributed by atoms with E-state index in [1.54, 1.807) is 0 Å². The summed E-state index contributed by atoms with van der Waals surface area (Å²) in [4.78, 5) is 12.2. The zero-order valence-electron chi connectivity index (χ0n) is 24.0. The second-order valence-electron chi connectivity index (χ2n) is 10.6. The quantitative estimate of drug-likeness (QED) is 0.139. The van der Waals surface area contributed by atoms with Crippen molar-refractivity contribution in [3.05, 3.63) is 144 Å². The lowest BCUT2D eigenvalue weighted by Gasteiger charge is -2.46. The zero-order valence-corrected chi connectivity index (χ0v) is 24.8. The number of hydrogen-bond donors (Lipinski definition) is 0. The van der Waals surface area contributed by atoms with E-state index in [2.05, 4.69) is 0 Å². The average molecular weight is 601 g/mol. The van der Waals surface area contributed by atoms with E-state index >= 15 is 0 Å². The van der Waals surface area contributed by atoms with Gasteiger partial charge in [0.1, 0.15) is 24.4 Å². The lowest BCUT2D eigenvalue weighted by Crippen LogP contribution is -2.61. The Bertz CT molecular complexity index is 1360. The molecule has 0 N–H and O–H groups in total. The van der Waals surface area contributed by atoms with Crippen LogP contribution in [0.2, 0.25) is 0 Å². The van der Waals surface area contributed by atoms with Crippen LogP contribution in [0.3, 0.4) is 0 Å². The van der Waals surface area contributed by atoms with Crippen molar-refractivity contribution in [2.45, 2.75) is 63.4 Å². The van der Waals surface area contributed by atoms with Crippen LogP contribution in [0, 0.1) is 0 Å². The summed E-state index contributed by atoms with van der Waals surface area (Å²) >= 11 is 5.95. The van der Waals surface area contributed by atoms with Crippen LogP contribution in [0.25, 0.3) is 0 Å². The molecule has 43 heavy (non-hydrogen) atoms. The lowest BCUT2D eigenvalue weighted by molar-refractivity contribution is -0.272. The molecule has 5 rings (SSSR count). The summed E-state index contributed by atoms with van der Waals surface area (Å²) in [6, 6.07) is 39.7. The molecule has 1 heterocycles. The third-order valence-electron chi connectivity index (χ3n) is 7.34. The largest absolute Gasteiger partial charge is 0.374 e. The highest BCUT2D eigenvalue weighted by Crippen LogP contribution is 2.32. The van der Waals surface area contributed by atoms with E-state index in [4.69, 9.17) is 35.3 Å². The molecule has 4 aromatic carbocycles. The molecule has 1 saturated heterocycles. The van der Waals surface area contributed by atoms with Gasteiger partial charge in [-0.3, -0.25) is 4.79 Å². The first-order valence-electron chi connectivity index (χ1n) is 14.6. The summed E-state index contributed by atoms with van der Waals surface area (Å²) in [5.41, 5.74) is 4.08. The van der Waals surface area contributed by atoms with Gasteiger partial charge in [0.15, 0.2) is 0 Å². The summed E-state index contributed by atoms with van der Waals surface area (Å²) in [6.07, 6.45) is -2.98. The molecule has 0 bridgehead atoms. The number of rotatable bonds is 15. The van der Waals surface area contributed by atoms with E-state index in [-0.39, 0.29) is 13.0 Å². The molecule has 0 spiro atoms. The maximum Gasteiger partial charge on any atom is 0.224 e. The van der Waals surface area contributed by atoms with Crippen LogP contribution >= 0.6 is 11.6 Å². The highest BCUT2D eigenvalue weighted by molar-refractivity contribution is 6.63. The van der Waals surface area contributed by atoms with Crippen LogP contribution in [0.4, 0.5) is 0 Å². The number of carbonyl (C=O) groups excluding carboxylic acids is 1. The molecule has 7 heteroatoms. The van der Waals surface area contributed by atoms with Crippen molar-refractivity contribution in [2.75, 3.05) is 6.61 Å². The summed E-state index contributed by atoms with van der Waals surface area (Å²) in [6.45, 7) is 1.64. The molecular weight excluding hydrogens is 564 g/mol. The van der Waals surface area contributed by atoms with Crippen LogP contribution in [-0.2, 0) is 54.9 Å². The standard InChI is InChI=1S/C36H37ClO6/c37-33(38)21-31-34(40-23-28-15-7-2-8-16-28)36(42-25-30-19-11-4-12-20-30)35(41-24-29-17-9-3-10-18-29)32(43-31)26-39-22-27-13-5-1-6-14-27/h1-20,31-32,34-36H,21-26H2. The molecule has 0 aromatic heterocycles. The zero-order chi connectivity index (χ0) is 29.7. The molecular formula is C36H37ClO6. The van der Waals surface area contributed by atoms with E-state index < -0.39 is 35.8 Å². The molecule has 6 nitrogen and oxygen atoms in total. The lowest BCUT2D eigenvalue weighted by atomic mass is 9.92.